The molecule has 1 aromatic rings. The summed E-state index contributed by atoms with van der Waals surface area (Å²) in [5, 5.41) is 0. The van der Waals surface area contributed by atoms with Crippen molar-refractivity contribution < 1.29 is 9.53 Å². The Bertz CT molecular complexity index is 448. The minimum Gasteiger partial charge on any atom is -0.496 e. The highest BCUT2D eigenvalue weighted by Crippen LogP contribution is 2.22. The zero-order chi connectivity index (χ0) is 13.0. The third-order valence-electron chi connectivity index (χ3n) is 2.53. The molecule has 0 amide bonds. The first-order chi connectivity index (χ1) is 7.95. The minimum atomic E-state index is 0.0157. The number of hydrogen-bond donors (Lipinski definition) is 0. The van der Waals surface area contributed by atoms with Gasteiger partial charge in [-0.3, -0.25) is 4.79 Å². The van der Waals surface area contributed by atoms with Gasteiger partial charge in [0.1, 0.15) is 5.75 Å². The van der Waals surface area contributed by atoms with E-state index in [0.29, 0.717) is 0 Å². The molecule has 0 saturated carbocycles. The second-order valence-electron chi connectivity index (χ2n) is 4.28. The summed E-state index contributed by atoms with van der Waals surface area (Å²) >= 11 is 0. The van der Waals surface area contributed by atoms with Gasteiger partial charge in [-0.1, -0.05) is 0 Å². The van der Waals surface area contributed by atoms with E-state index in [0.717, 1.165) is 22.4 Å². The summed E-state index contributed by atoms with van der Waals surface area (Å²) in [7, 11) is 5.40. The van der Waals surface area contributed by atoms with Crippen molar-refractivity contribution in [3.05, 3.63) is 41.1 Å². The van der Waals surface area contributed by atoms with Gasteiger partial charge in [0.05, 0.1) is 7.11 Å². The lowest BCUT2D eigenvalue weighted by atomic mass is 10.0. The van der Waals surface area contributed by atoms with Gasteiger partial charge in [0.25, 0.3) is 0 Å². The number of nitrogens with zero attached hydrogens (tertiary/aromatic N) is 1. The Morgan fingerprint density at radius 2 is 1.88 bits per heavy atom. The smallest absolute Gasteiger partial charge is 0.187 e. The fraction of sp³-hybridized carbons (Fsp3) is 0.357. The molecule has 0 heterocycles. The summed E-state index contributed by atoms with van der Waals surface area (Å²) in [6.45, 7) is 3.85. The van der Waals surface area contributed by atoms with E-state index in [4.69, 9.17) is 4.74 Å². The average Bonchev–Trinajstić information content (AvgIpc) is 2.28. The van der Waals surface area contributed by atoms with E-state index in [1.807, 2.05) is 45.0 Å². The molecule has 1 aromatic carbocycles. The van der Waals surface area contributed by atoms with Crippen LogP contribution in [0.2, 0.25) is 0 Å². The standard InChI is InChI=1S/C14H19NO2/c1-10-9-14(17-5)11(2)8-12(10)13(16)6-7-15(3)4/h6-9H,1-5H3/b7-6+. The van der Waals surface area contributed by atoms with Gasteiger partial charge < -0.3 is 9.64 Å². The number of rotatable bonds is 4. The van der Waals surface area contributed by atoms with Crippen molar-refractivity contribution >= 4 is 5.78 Å². The van der Waals surface area contributed by atoms with Gasteiger partial charge in [-0.25, -0.2) is 0 Å². The number of hydrogen-bond acceptors (Lipinski definition) is 3. The van der Waals surface area contributed by atoms with Crippen LogP contribution in [0.3, 0.4) is 0 Å². The molecule has 0 aromatic heterocycles. The summed E-state index contributed by atoms with van der Waals surface area (Å²) < 4.78 is 5.22. The fourth-order valence-corrected chi connectivity index (χ4v) is 1.58. The van der Waals surface area contributed by atoms with Crippen LogP contribution < -0.4 is 4.74 Å². The Morgan fingerprint density at radius 3 is 2.41 bits per heavy atom. The largest absolute Gasteiger partial charge is 0.496 e. The highest BCUT2D eigenvalue weighted by atomic mass is 16.5. The van der Waals surface area contributed by atoms with Gasteiger partial charge in [0.15, 0.2) is 5.78 Å². The molecular formula is C14H19NO2. The molecule has 0 N–H and O–H groups in total. The Balaban J connectivity index is 3.07. The molecule has 17 heavy (non-hydrogen) atoms. The molecule has 0 unspecified atom stereocenters. The quantitative estimate of drug-likeness (QED) is 0.591. The predicted molar refractivity (Wildman–Crippen MR) is 69.6 cm³/mol. The number of aryl methyl sites for hydroxylation is 2. The molecule has 0 aliphatic rings. The number of methoxy groups -OCH3 is 1. The van der Waals surface area contributed by atoms with Gasteiger partial charge in [-0.15, -0.1) is 0 Å². The molecule has 3 heteroatoms. The zero-order valence-electron chi connectivity index (χ0n) is 11.1. The summed E-state index contributed by atoms with van der Waals surface area (Å²) in [5.74, 6) is 0.831. The molecule has 0 aliphatic heterocycles. The lowest BCUT2D eigenvalue weighted by molar-refractivity contribution is 0.104. The minimum absolute atomic E-state index is 0.0157. The van der Waals surface area contributed by atoms with Crippen LogP contribution in [-0.2, 0) is 0 Å². The Morgan fingerprint density at radius 1 is 1.24 bits per heavy atom. The summed E-state index contributed by atoms with van der Waals surface area (Å²) in [5.41, 5.74) is 2.63. The molecule has 0 aliphatic carbocycles. The highest BCUT2D eigenvalue weighted by Gasteiger charge is 2.09. The van der Waals surface area contributed by atoms with Gasteiger partial charge in [0, 0.05) is 31.9 Å². The van der Waals surface area contributed by atoms with Crippen LogP contribution in [0.15, 0.2) is 24.4 Å². The number of carbonyl (C=O) groups is 1. The van der Waals surface area contributed by atoms with Crippen molar-refractivity contribution in [3.8, 4) is 5.75 Å². The number of ketones is 1. The highest BCUT2D eigenvalue weighted by molar-refractivity contribution is 6.05. The Labute approximate surface area is 103 Å². The molecule has 0 saturated heterocycles. The van der Waals surface area contributed by atoms with E-state index in [9.17, 15) is 4.79 Å². The van der Waals surface area contributed by atoms with Crippen LogP contribution in [0.4, 0.5) is 0 Å². The maximum absolute atomic E-state index is 12.0. The average molecular weight is 233 g/mol. The van der Waals surface area contributed by atoms with E-state index >= 15 is 0 Å². The first kappa shape index (κ1) is 13.3. The van der Waals surface area contributed by atoms with Crippen LogP contribution in [0.5, 0.6) is 5.75 Å². The second kappa shape index (κ2) is 5.53. The normalized spacial score (nSPS) is 10.6. The Kier molecular flexibility index (Phi) is 4.32. The lowest BCUT2D eigenvalue weighted by Crippen LogP contribution is -2.05. The van der Waals surface area contributed by atoms with Gasteiger partial charge in [-0.05, 0) is 37.1 Å². The summed E-state index contributed by atoms with van der Waals surface area (Å²) in [6.07, 6.45) is 3.33. The second-order valence-corrected chi connectivity index (χ2v) is 4.28. The molecule has 1 rings (SSSR count). The Hall–Kier alpha value is -1.77. The molecular weight excluding hydrogens is 214 g/mol. The SMILES string of the molecule is COc1cc(C)c(C(=O)/C=C/N(C)C)cc1C. The van der Waals surface area contributed by atoms with Gasteiger partial charge >= 0.3 is 0 Å². The van der Waals surface area contributed by atoms with E-state index in [2.05, 4.69) is 0 Å². The van der Waals surface area contributed by atoms with E-state index in [-0.39, 0.29) is 5.78 Å². The topological polar surface area (TPSA) is 29.5 Å². The molecule has 3 nitrogen and oxygen atoms in total. The third kappa shape index (κ3) is 3.34. The number of allylic oxidation sites excluding steroid dienone is 1. The first-order valence-corrected chi connectivity index (χ1v) is 5.50. The van der Waals surface area contributed by atoms with Crippen molar-refractivity contribution in [3.63, 3.8) is 0 Å². The van der Waals surface area contributed by atoms with E-state index < -0.39 is 0 Å². The number of benzene rings is 1. The van der Waals surface area contributed by atoms with E-state index in [1.54, 1.807) is 19.4 Å². The molecule has 0 atom stereocenters. The molecule has 0 bridgehead atoms. The van der Waals surface area contributed by atoms with Gasteiger partial charge in [0.2, 0.25) is 0 Å². The molecule has 0 fully saturated rings. The fourth-order valence-electron chi connectivity index (χ4n) is 1.58. The molecule has 92 valence electrons. The third-order valence-corrected chi connectivity index (χ3v) is 2.53. The first-order valence-electron chi connectivity index (χ1n) is 5.50. The molecule has 0 radical (unpaired) electrons. The van der Waals surface area contributed by atoms with Crippen LogP contribution in [0.1, 0.15) is 21.5 Å². The van der Waals surface area contributed by atoms with Crippen LogP contribution >= 0.6 is 0 Å². The van der Waals surface area contributed by atoms with Crippen molar-refractivity contribution in [2.75, 3.05) is 21.2 Å². The van der Waals surface area contributed by atoms with Crippen molar-refractivity contribution in [1.82, 2.24) is 4.90 Å². The van der Waals surface area contributed by atoms with Crippen LogP contribution in [-0.4, -0.2) is 31.9 Å². The monoisotopic (exact) mass is 233 g/mol. The van der Waals surface area contributed by atoms with E-state index in [1.165, 1.54) is 0 Å². The lowest BCUT2D eigenvalue weighted by Gasteiger charge is -2.09. The summed E-state index contributed by atoms with van der Waals surface area (Å²) in [6, 6.07) is 3.77. The van der Waals surface area contributed by atoms with Crippen molar-refractivity contribution in [2.45, 2.75) is 13.8 Å². The number of carbonyl (C=O) groups excluding carboxylic acids is 1. The van der Waals surface area contributed by atoms with Crippen LogP contribution in [0, 0.1) is 13.8 Å². The zero-order valence-corrected chi connectivity index (χ0v) is 11.1. The number of ether oxygens (including phenoxy) is 1. The van der Waals surface area contributed by atoms with Crippen molar-refractivity contribution in [1.29, 1.82) is 0 Å². The van der Waals surface area contributed by atoms with Crippen molar-refractivity contribution in [2.24, 2.45) is 0 Å². The van der Waals surface area contributed by atoms with Crippen LogP contribution in [0.25, 0.3) is 0 Å². The summed E-state index contributed by atoms with van der Waals surface area (Å²) in [4.78, 5) is 13.8. The van der Waals surface area contributed by atoms with Gasteiger partial charge in [-0.2, -0.15) is 0 Å². The maximum atomic E-state index is 12.0. The maximum Gasteiger partial charge on any atom is 0.187 e. The molecule has 0 spiro atoms. The predicted octanol–water partition coefficient (Wildman–Crippen LogP) is 2.57.